The summed E-state index contributed by atoms with van der Waals surface area (Å²) in [4.78, 5) is 4.50. The van der Waals surface area contributed by atoms with E-state index >= 15 is 0 Å². The molecule has 2 saturated heterocycles. The molecule has 0 spiro atoms. The summed E-state index contributed by atoms with van der Waals surface area (Å²) in [5.74, 6) is 0. The molecule has 15 heavy (non-hydrogen) atoms. The molecule has 2 aliphatic heterocycles. The quantitative estimate of drug-likeness (QED) is 0.290. The third kappa shape index (κ3) is 1.68. The Bertz CT molecular complexity index is 294. The van der Waals surface area contributed by atoms with E-state index in [9.17, 15) is 15.3 Å². The highest BCUT2D eigenvalue weighted by molar-refractivity contribution is 5.03. The van der Waals surface area contributed by atoms with Crippen LogP contribution in [0.3, 0.4) is 0 Å². The van der Waals surface area contributed by atoms with E-state index in [0.29, 0.717) is 19.5 Å². The molecular formula is C8H14N4O3. The maximum Gasteiger partial charge on any atom is 0.0983 e. The average Bonchev–Trinajstić information content (AvgIpc) is 2.56. The lowest BCUT2D eigenvalue weighted by atomic mass is 9.92. The Kier molecular flexibility index (Phi) is 2.81. The van der Waals surface area contributed by atoms with Crippen LogP contribution in [0.4, 0.5) is 0 Å². The lowest BCUT2D eigenvalue weighted by molar-refractivity contribution is -0.0949. The Labute approximate surface area is 86.6 Å². The molecule has 84 valence electrons. The minimum absolute atomic E-state index is 0.393. The van der Waals surface area contributed by atoms with Gasteiger partial charge < -0.3 is 15.3 Å². The van der Waals surface area contributed by atoms with E-state index in [2.05, 4.69) is 10.0 Å². The second-order valence-corrected chi connectivity index (χ2v) is 4.09. The van der Waals surface area contributed by atoms with Gasteiger partial charge in [0.05, 0.1) is 30.4 Å². The topological polar surface area (TPSA) is 113 Å². The van der Waals surface area contributed by atoms with Crippen molar-refractivity contribution in [2.24, 2.45) is 5.11 Å². The van der Waals surface area contributed by atoms with Crippen molar-refractivity contribution in [3.05, 3.63) is 10.4 Å². The first-order valence-corrected chi connectivity index (χ1v) is 4.97. The Morgan fingerprint density at radius 2 is 2.00 bits per heavy atom. The normalized spacial score (nSPS) is 45.9. The van der Waals surface area contributed by atoms with Gasteiger partial charge in [0.2, 0.25) is 0 Å². The van der Waals surface area contributed by atoms with Gasteiger partial charge >= 0.3 is 0 Å². The van der Waals surface area contributed by atoms with Crippen LogP contribution >= 0.6 is 0 Å². The van der Waals surface area contributed by atoms with Crippen LogP contribution in [-0.4, -0.2) is 63.7 Å². The number of nitrogens with zero attached hydrogens (tertiary/aromatic N) is 4. The number of fused-ring (bicyclic) bond motifs is 1. The first-order chi connectivity index (χ1) is 7.15. The summed E-state index contributed by atoms with van der Waals surface area (Å²) in [7, 11) is 0. The van der Waals surface area contributed by atoms with Crippen LogP contribution in [-0.2, 0) is 0 Å². The second kappa shape index (κ2) is 3.96. The molecule has 2 rings (SSSR count). The summed E-state index contributed by atoms with van der Waals surface area (Å²) < 4.78 is 0. The van der Waals surface area contributed by atoms with Crippen molar-refractivity contribution in [2.45, 2.75) is 36.8 Å². The van der Waals surface area contributed by atoms with Crippen molar-refractivity contribution in [3.8, 4) is 0 Å². The molecule has 0 aromatic rings. The molecule has 2 heterocycles. The SMILES string of the molecule is [N-]=[N+]=NC1CN2CCC(O)C2C(O)C1O. The van der Waals surface area contributed by atoms with Crippen molar-refractivity contribution in [1.82, 2.24) is 4.90 Å². The zero-order valence-electron chi connectivity index (χ0n) is 8.14. The zero-order chi connectivity index (χ0) is 11.0. The highest BCUT2D eigenvalue weighted by atomic mass is 16.3. The minimum Gasteiger partial charge on any atom is -0.391 e. The third-order valence-corrected chi connectivity index (χ3v) is 3.24. The molecule has 0 bridgehead atoms. The number of piperidine rings is 1. The summed E-state index contributed by atoms with van der Waals surface area (Å²) in [6, 6.07) is -1.06. The molecule has 7 heteroatoms. The molecular weight excluding hydrogens is 200 g/mol. The van der Waals surface area contributed by atoms with E-state index in [4.69, 9.17) is 5.53 Å². The van der Waals surface area contributed by atoms with Crippen molar-refractivity contribution in [3.63, 3.8) is 0 Å². The molecule has 3 N–H and O–H groups in total. The van der Waals surface area contributed by atoms with E-state index in [1.54, 1.807) is 0 Å². The van der Waals surface area contributed by atoms with Gasteiger partial charge in [-0.25, -0.2) is 0 Å². The first-order valence-electron chi connectivity index (χ1n) is 4.97. The van der Waals surface area contributed by atoms with E-state index in [1.807, 2.05) is 4.90 Å². The molecule has 0 aromatic heterocycles. The average molecular weight is 214 g/mol. The minimum atomic E-state index is -1.09. The highest BCUT2D eigenvalue weighted by Crippen LogP contribution is 2.29. The zero-order valence-corrected chi connectivity index (χ0v) is 8.14. The monoisotopic (exact) mass is 214 g/mol. The molecule has 0 saturated carbocycles. The number of aliphatic hydroxyl groups excluding tert-OH is 3. The fraction of sp³-hybridized carbons (Fsp3) is 1.00. The van der Waals surface area contributed by atoms with Gasteiger partial charge in [-0.05, 0) is 12.0 Å². The van der Waals surface area contributed by atoms with Crippen LogP contribution in [0.1, 0.15) is 6.42 Å². The molecule has 0 radical (unpaired) electrons. The molecule has 5 unspecified atom stereocenters. The van der Waals surface area contributed by atoms with Gasteiger partial charge in [0.15, 0.2) is 0 Å². The maximum atomic E-state index is 9.78. The van der Waals surface area contributed by atoms with Crippen LogP contribution in [0.2, 0.25) is 0 Å². The maximum absolute atomic E-state index is 9.78. The van der Waals surface area contributed by atoms with Gasteiger partial charge in [0.1, 0.15) is 0 Å². The first kappa shape index (κ1) is 10.7. The van der Waals surface area contributed by atoms with Gasteiger partial charge in [0, 0.05) is 18.0 Å². The standard InChI is InChI=1S/C8H14N4O3/c9-11-10-4-3-12-2-1-5(13)6(12)8(15)7(4)14/h4-8,13-15H,1-3H2. The number of hydrogen-bond acceptors (Lipinski definition) is 5. The lowest BCUT2D eigenvalue weighted by Gasteiger charge is -2.41. The predicted molar refractivity (Wildman–Crippen MR) is 50.9 cm³/mol. The van der Waals surface area contributed by atoms with Gasteiger partial charge in [0.25, 0.3) is 0 Å². The lowest BCUT2D eigenvalue weighted by Crippen LogP contribution is -2.60. The van der Waals surface area contributed by atoms with E-state index in [-0.39, 0.29) is 0 Å². The Balaban J connectivity index is 2.17. The summed E-state index contributed by atoms with van der Waals surface area (Å²) >= 11 is 0. The van der Waals surface area contributed by atoms with Crippen LogP contribution in [0.25, 0.3) is 10.4 Å². The van der Waals surface area contributed by atoms with Gasteiger partial charge in [-0.3, -0.25) is 4.90 Å². The van der Waals surface area contributed by atoms with Crippen molar-refractivity contribution in [2.75, 3.05) is 13.1 Å². The Morgan fingerprint density at radius 3 is 2.67 bits per heavy atom. The Hall–Kier alpha value is -0.850. The van der Waals surface area contributed by atoms with E-state index < -0.39 is 30.4 Å². The summed E-state index contributed by atoms with van der Waals surface area (Å²) in [5, 5.41) is 32.5. The number of hydrogen-bond donors (Lipinski definition) is 3. The third-order valence-electron chi connectivity index (χ3n) is 3.24. The molecule has 7 nitrogen and oxygen atoms in total. The van der Waals surface area contributed by atoms with Crippen molar-refractivity contribution < 1.29 is 15.3 Å². The smallest absolute Gasteiger partial charge is 0.0983 e. The second-order valence-electron chi connectivity index (χ2n) is 4.09. The molecule has 0 amide bonds. The van der Waals surface area contributed by atoms with Crippen LogP contribution in [0.15, 0.2) is 5.11 Å². The fourth-order valence-corrected chi connectivity index (χ4v) is 2.47. The van der Waals surface area contributed by atoms with Gasteiger partial charge in [-0.2, -0.15) is 0 Å². The molecule has 5 atom stereocenters. The molecule has 2 fully saturated rings. The summed E-state index contributed by atoms with van der Waals surface area (Å²) in [5.41, 5.74) is 8.31. The van der Waals surface area contributed by atoms with Crippen LogP contribution in [0.5, 0.6) is 0 Å². The number of rotatable bonds is 1. The molecule has 0 aromatic carbocycles. The van der Waals surface area contributed by atoms with Crippen LogP contribution < -0.4 is 0 Å². The van der Waals surface area contributed by atoms with Crippen LogP contribution in [0, 0.1) is 0 Å². The van der Waals surface area contributed by atoms with E-state index in [1.165, 1.54) is 0 Å². The van der Waals surface area contributed by atoms with E-state index in [0.717, 1.165) is 0 Å². The summed E-state index contributed by atoms with van der Waals surface area (Å²) in [6.07, 6.45) is -2.17. The fourth-order valence-electron chi connectivity index (χ4n) is 2.47. The number of azide groups is 1. The molecule has 0 aliphatic carbocycles. The van der Waals surface area contributed by atoms with Gasteiger partial charge in [-0.15, -0.1) is 0 Å². The number of aliphatic hydroxyl groups is 3. The summed E-state index contributed by atoms with van der Waals surface area (Å²) in [6.45, 7) is 1.05. The largest absolute Gasteiger partial charge is 0.391 e. The van der Waals surface area contributed by atoms with Crippen molar-refractivity contribution in [1.29, 1.82) is 0 Å². The highest BCUT2D eigenvalue weighted by Gasteiger charge is 2.47. The van der Waals surface area contributed by atoms with Gasteiger partial charge in [-0.1, -0.05) is 5.11 Å². The Morgan fingerprint density at radius 1 is 1.27 bits per heavy atom. The van der Waals surface area contributed by atoms with Crippen molar-refractivity contribution >= 4 is 0 Å². The predicted octanol–water partition coefficient (Wildman–Crippen LogP) is -1.16. The molecule has 2 aliphatic rings.